The van der Waals surface area contributed by atoms with Crippen molar-refractivity contribution in [1.29, 1.82) is 0 Å². The normalized spacial score (nSPS) is 21.9. The number of methoxy groups -OCH3 is 2. The number of ether oxygens (including phenoxy) is 2. The fourth-order valence-corrected chi connectivity index (χ4v) is 4.07. The first kappa shape index (κ1) is 22.8. The Morgan fingerprint density at radius 1 is 1.19 bits per heavy atom. The van der Waals surface area contributed by atoms with E-state index in [1.54, 1.807) is 38.1 Å². The molecule has 2 aliphatic rings. The minimum absolute atomic E-state index is 0.0355. The number of hydrazine groups is 1. The molecular weight excluding hydrogens is 402 g/mol. The van der Waals surface area contributed by atoms with Crippen molar-refractivity contribution in [3.63, 3.8) is 0 Å². The molecule has 1 aromatic rings. The van der Waals surface area contributed by atoms with Gasteiger partial charge >= 0.3 is 6.03 Å². The third-order valence-corrected chi connectivity index (χ3v) is 5.68. The molecule has 10 heteroatoms. The van der Waals surface area contributed by atoms with Crippen LogP contribution in [-0.4, -0.2) is 97.4 Å². The average molecular weight is 434 g/mol. The SMILES string of the molecule is COCCCN1CC2N(C(=O)CN(C)N2C(=O)NCc2ccc(OC)cc2)C(C)C1=O. The predicted octanol–water partition coefficient (Wildman–Crippen LogP) is 0.489. The Balaban J connectivity index is 1.73. The monoisotopic (exact) mass is 433 g/mol. The van der Waals surface area contributed by atoms with E-state index in [1.165, 1.54) is 9.91 Å². The molecule has 170 valence electrons. The molecule has 0 aromatic heterocycles. The Bertz CT molecular complexity index is 802. The van der Waals surface area contributed by atoms with Crippen molar-refractivity contribution < 1.29 is 23.9 Å². The number of benzene rings is 1. The van der Waals surface area contributed by atoms with Gasteiger partial charge in [-0.3, -0.25) is 9.59 Å². The standard InChI is InChI=1S/C21H31N5O5/c1-15-20(28)24(10-5-11-30-3)13-18-25(15)19(27)14-23(2)26(18)21(29)22-12-16-6-8-17(31-4)9-7-16/h6-9,15,18H,5,10-14H2,1-4H3,(H,22,29). The molecular formula is C21H31N5O5. The van der Waals surface area contributed by atoms with Gasteiger partial charge in [0.05, 0.1) is 20.2 Å². The molecule has 10 nitrogen and oxygen atoms in total. The lowest BCUT2D eigenvalue weighted by molar-refractivity contribution is -0.185. The molecule has 2 heterocycles. The highest BCUT2D eigenvalue weighted by Gasteiger charge is 2.48. The molecule has 4 amide bonds. The van der Waals surface area contributed by atoms with Crippen molar-refractivity contribution in [3.8, 4) is 5.75 Å². The number of nitrogens with zero attached hydrogens (tertiary/aromatic N) is 4. The van der Waals surface area contributed by atoms with Crippen LogP contribution >= 0.6 is 0 Å². The van der Waals surface area contributed by atoms with Gasteiger partial charge in [0.2, 0.25) is 11.8 Å². The van der Waals surface area contributed by atoms with Gasteiger partial charge in [-0.2, -0.15) is 0 Å². The summed E-state index contributed by atoms with van der Waals surface area (Å²) in [6.07, 6.45) is 0.132. The number of carbonyl (C=O) groups is 3. The van der Waals surface area contributed by atoms with Crippen LogP contribution in [0.5, 0.6) is 5.75 Å². The third kappa shape index (κ3) is 4.91. The summed E-state index contributed by atoms with van der Waals surface area (Å²) in [4.78, 5) is 41.8. The van der Waals surface area contributed by atoms with E-state index in [1.807, 2.05) is 24.3 Å². The van der Waals surface area contributed by atoms with Gasteiger partial charge in [0.15, 0.2) is 0 Å². The predicted molar refractivity (Wildman–Crippen MR) is 113 cm³/mol. The fraction of sp³-hybridized carbons (Fsp3) is 0.571. The van der Waals surface area contributed by atoms with Gasteiger partial charge in [-0.15, -0.1) is 0 Å². The van der Waals surface area contributed by atoms with Crippen LogP contribution in [0.15, 0.2) is 24.3 Å². The summed E-state index contributed by atoms with van der Waals surface area (Å²) < 4.78 is 10.2. The highest BCUT2D eigenvalue weighted by Crippen LogP contribution is 2.25. The minimum Gasteiger partial charge on any atom is -0.497 e. The van der Waals surface area contributed by atoms with Crippen LogP contribution < -0.4 is 10.1 Å². The van der Waals surface area contributed by atoms with E-state index in [4.69, 9.17) is 9.47 Å². The largest absolute Gasteiger partial charge is 0.497 e. The Morgan fingerprint density at radius 2 is 1.90 bits per heavy atom. The summed E-state index contributed by atoms with van der Waals surface area (Å²) in [5.74, 6) is 0.474. The van der Waals surface area contributed by atoms with Crippen LogP contribution in [0.25, 0.3) is 0 Å². The lowest BCUT2D eigenvalue weighted by Crippen LogP contribution is -2.75. The Kier molecular flexibility index (Phi) is 7.34. The molecule has 2 atom stereocenters. The summed E-state index contributed by atoms with van der Waals surface area (Å²) in [5.41, 5.74) is 0.926. The second kappa shape index (κ2) is 9.97. The molecule has 0 radical (unpaired) electrons. The molecule has 31 heavy (non-hydrogen) atoms. The molecule has 2 saturated heterocycles. The quantitative estimate of drug-likeness (QED) is 0.629. The molecule has 3 rings (SSSR count). The number of urea groups is 1. The van der Waals surface area contributed by atoms with Crippen LogP contribution in [0.1, 0.15) is 18.9 Å². The molecule has 2 unspecified atom stereocenters. The lowest BCUT2D eigenvalue weighted by Gasteiger charge is -2.53. The van der Waals surface area contributed by atoms with Crippen LogP contribution in [0.2, 0.25) is 0 Å². The van der Waals surface area contributed by atoms with E-state index in [0.717, 1.165) is 11.3 Å². The fourth-order valence-electron chi connectivity index (χ4n) is 4.07. The number of rotatable bonds is 7. The highest BCUT2D eigenvalue weighted by atomic mass is 16.5. The molecule has 0 aliphatic carbocycles. The van der Waals surface area contributed by atoms with Gasteiger partial charge in [0.1, 0.15) is 18.0 Å². The number of nitrogens with one attached hydrogen (secondary N) is 1. The molecule has 0 saturated carbocycles. The summed E-state index contributed by atoms with van der Waals surface area (Å²) in [5, 5.41) is 6.07. The number of likely N-dealkylation sites (N-methyl/N-ethyl adjacent to an activating group) is 1. The lowest BCUT2D eigenvalue weighted by atomic mass is 10.1. The summed E-state index contributed by atoms with van der Waals surface area (Å²) >= 11 is 0. The summed E-state index contributed by atoms with van der Waals surface area (Å²) in [6.45, 7) is 3.40. The molecule has 0 bridgehead atoms. The van der Waals surface area contributed by atoms with E-state index >= 15 is 0 Å². The van der Waals surface area contributed by atoms with Gasteiger partial charge < -0.3 is 24.6 Å². The average Bonchev–Trinajstić information content (AvgIpc) is 2.75. The van der Waals surface area contributed by atoms with Gasteiger partial charge in [0, 0.05) is 33.9 Å². The topological polar surface area (TPSA) is 94.7 Å². The van der Waals surface area contributed by atoms with Gasteiger partial charge in [-0.05, 0) is 31.0 Å². The maximum Gasteiger partial charge on any atom is 0.334 e. The zero-order valence-electron chi connectivity index (χ0n) is 18.5. The van der Waals surface area contributed by atoms with Crippen LogP contribution in [0, 0.1) is 0 Å². The Labute approximate surface area is 182 Å². The smallest absolute Gasteiger partial charge is 0.334 e. The first-order valence-electron chi connectivity index (χ1n) is 10.4. The van der Waals surface area contributed by atoms with E-state index in [-0.39, 0.29) is 30.9 Å². The maximum absolute atomic E-state index is 13.1. The molecule has 0 spiro atoms. The number of hydrogen-bond donors (Lipinski definition) is 1. The Morgan fingerprint density at radius 3 is 2.55 bits per heavy atom. The number of piperazine rings is 1. The molecule has 1 N–H and O–H groups in total. The van der Waals surface area contributed by atoms with Crippen molar-refractivity contribution >= 4 is 17.8 Å². The van der Waals surface area contributed by atoms with Crippen molar-refractivity contribution in [2.24, 2.45) is 0 Å². The van der Waals surface area contributed by atoms with E-state index in [0.29, 0.717) is 26.1 Å². The first-order chi connectivity index (χ1) is 14.9. The van der Waals surface area contributed by atoms with Gasteiger partial charge in [-0.1, -0.05) is 12.1 Å². The molecule has 2 aliphatic heterocycles. The molecule has 2 fully saturated rings. The second-order valence-corrected chi connectivity index (χ2v) is 7.76. The molecule has 1 aromatic carbocycles. The second-order valence-electron chi connectivity index (χ2n) is 7.76. The number of amides is 4. The summed E-state index contributed by atoms with van der Waals surface area (Å²) in [6, 6.07) is 6.49. The van der Waals surface area contributed by atoms with Crippen molar-refractivity contribution in [2.75, 3.05) is 47.5 Å². The number of carbonyl (C=O) groups excluding carboxylic acids is 3. The number of hydrogen-bond acceptors (Lipinski definition) is 6. The van der Waals surface area contributed by atoms with Crippen LogP contribution in [0.4, 0.5) is 4.79 Å². The van der Waals surface area contributed by atoms with Crippen molar-refractivity contribution in [3.05, 3.63) is 29.8 Å². The van der Waals surface area contributed by atoms with Crippen LogP contribution in [0.3, 0.4) is 0 Å². The van der Waals surface area contributed by atoms with Gasteiger partial charge in [-0.25, -0.2) is 14.8 Å². The number of fused-ring (bicyclic) bond motifs is 1. The zero-order chi connectivity index (χ0) is 22.5. The maximum atomic E-state index is 13.1. The van der Waals surface area contributed by atoms with E-state index < -0.39 is 12.2 Å². The van der Waals surface area contributed by atoms with Crippen molar-refractivity contribution in [2.45, 2.75) is 32.1 Å². The zero-order valence-corrected chi connectivity index (χ0v) is 18.5. The first-order valence-corrected chi connectivity index (χ1v) is 10.4. The Hall–Kier alpha value is -2.85. The van der Waals surface area contributed by atoms with E-state index in [2.05, 4.69) is 5.32 Å². The minimum atomic E-state index is -0.626. The van der Waals surface area contributed by atoms with Gasteiger partial charge in [0.25, 0.3) is 0 Å². The van der Waals surface area contributed by atoms with Crippen LogP contribution in [-0.2, 0) is 20.9 Å². The summed E-state index contributed by atoms with van der Waals surface area (Å²) in [7, 11) is 4.93. The van der Waals surface area contributed by atoms with Crippen molar-refractivity contribution in [1.82, 2.24) is 25.1 Å². The third-order valence-electron chi connectivity index (χ3n) is 5.68. The van der Waals surface area contributed by atoms with E-state index in [9.17, 15) is 14.4 Å². The highest BCUT2D eigenvalue weighted by molar-refractivity contribution is 5.91.